The highest BCUT2D eigenvalue weighted by molar-refractivity contribution is 5.92. The zero-order valence-electron chi connectivity index (χ0n) is 11.0. The van der Waals surface area contributed by atoms with Crippen LogP contribution in [0.25, 0.3) is 0 Å². The maximum Gasteiger partial charge on any atom is 0.323 e. The molecule has 0 bridgehead atoms. The molecule has 7 nitrogen and oxygen atoms in total. The smallest absolute Gasteiger partial charge is 0.323 e. The molecular weight excluding hydrogens is 252 g/mol. The molecule has 0 spiro atoms. The van der Waals surface area contributed by atoms with Crippen LogP contribution < -0.4 is 14.8 Å². The highest BCUT2D eigenvalue weighted by atomic mass is 16.5. The van der Waals surface area contributed by atoms with Crippen molar-refractivity contribution < 1.29 is 24.2 Å². The van der Waals surface area contributed by atoms with Gasteiger partial charge < -0.3 is 24.8 Å². The molecule has 1 aromatic rings. The number of amides is 2. The molecule has 19 heavy (non-hydrogen) atoms. The summed E-state index contributed by atoms with van der Waals surface area (Å²) < 4.78 is 10.1. The Labute approximate surface area is 110 Å². The van der Waals surface area contributed by atoms with E-state index in [9.17, 15) is 9.59 Å². The van der Waals surface area contributed by atoms with E-state index in [1.54, 1.807) is 18.2 Å². The van der Waals surface area contributed by atoms with Crippen molar-refractivity contribution in [2.75, 3.05) is 33.1 Å². The molecule has 0 atom stereocenters. The van der Waals surface area contributed by atoms with Crippen molar-refractivity contribution in [3.63, 3.8) is 0 Å². The molecule has 7 heteroatoms. The van der Waals surface area contributed by atoms with Gasteiger partial charge in [0, 0.05) is 13.1 Å². The minimum atomic E-state index is -1.09. The van der Waals surface area contributed by atoms with E-state index in [4.69, 9.17) is 14.6 Å². The van der Waals surface area contributed by atoms with Crippen molar-refractivity contribution in [1.29, 1.82) is 0 Å². The van der Waals surface area contributed by atoms with Crippen LogP contribution in [0.1, 0.15) is 0 Å². The standard InChI is InChI=1S/C12H16N2O5/c1-14(7-11(15)16)12(17)13-9-6-8(18-2)4-5-10(9)19-3/h4-6H,7H2,1-3H3,(H,13,17)(H,15,16). The number of benzene rings is 1. The molecule has 0 radical (unpaired) electrons. The maximum absolute atomic E-state index is 11.8. The summed E-state index contributed by atoms with van der Waals surface area (Å²) in [4.78, 5) is 23.3. The number of methoxy groups -OCH3 is 2. The van der Waals surface area contributed by atoms with Crippen LogP contribution in [0.2, 0.25) is 0 Å². The highest BCUT2D eigenvalue weighted by Gasteiger charge is 2.14. The summed E-state index contributed by atoms with van der Waals surface area (Å²) >= 11 is 0. The number of hydrogen-bond acceptors (Lipinski definition) is 4. The van der Waals surface area contributed by atoms with Crippen LogP contribution in [0.4, 0.5) is 10.5 Å². The topological polar surface area (TPSA) is 88.1 Å². The summed E-state index contributed by atoms with van der Waals surface area (Å²) in [5.41, 5.74) is 0.407. The Hall–Kier alpha value is -2.44. The lowest BCUT2D eigenvalue weighted by Gasteiger charge is -2.17. The van der Waals surface area contributed by atoms with E-state index in [1.807, 2.05) is 0 Å². The van der Waals surface area contributed by atoms with Gasteiger partial charge in [0.2, 0.25) is 0 Å². The Balaban J connectivity index is 2.85. The number of aliphatic carboxylic acids is 1. The van der Waals surface area contributed by atoms with Gasteiger partial charge in [0.05, 0.1) is 19.9 Å². The van der Waals surface area contributed by atoms with Gasteiger partial charge in [-0.05, 0) is 12.1 Å². The predicted octanol–water partition coefficient (Wildman–Crippen LogP) is 1.25. The Morgan fingerprint density at radius 2 is 2.00 bits per heavy atom. The number of urea groups is 1. The van der Waals surface area contributed by atoms with Gasteiger partial charge in [-0.15, -0.1) is 0 Å². The number of nitrogens with zero attached hydrogens (tertiary/aromatic N) is 1. The monoisotopic (exact) mass is 268 g/mol. The molecule has 1 rings (SSSR count). The Kier molecular flexibility index (Phi) is 4.99. The van der Waals surface area contributed by atoms with Gasteiger partial charge in [-0.2, -0.15) is 0 Å². The van der Waals surface area contributed by atoms with Crippen molar-refractivity contribution in [3.05, 3.63) is 18.2 Å². The lowest BCUT2D eigenvalue weighted by Crippen LogP contribution is -2.35. The summed E-state index contributed by atoms with van der Waals surface area (Å²) in [6.07, 6.45) is 0. The highest BCUT2D eigenvalue weighted by Crippen LogP contribution is 2.28. The average molecular weight is 268 g/mol. The van der Waals surface area contributed by atoms with Gasteiger partial charge in [-0.1, -0.05) is 0 Å². The third-order valence-electron chi connectivity index (χ3n) is 2.37. The minimum absolute atomic E-state index is 0.391. The number of nitrogens with one attached hydrogen (secondary N) is 1. The van der Waals surface area contributed by atoms with Crippen molar-refractivity contribution in [2.45, 2.75) is 0 Å². The molecule has 0 fully saturated rings. The SMILES string of the molecule is COc1ccc(OC)c(NC(=O)N(C)CC(=O)O)c1. The largest absolute Gasteiger partial charge is 0.497 e. The van der Waals surface area contributed by atoms with Gasteiger partial charge >= 0.3 is 12.0 Å². The first kappa shape index (κ1) is 14.6. The van der Waals surface area contributed by atoms with E-state index < -0.39 is 18.5 Å². The lowest BCUT2D eigenvalue weighted by atomic mass is 10.2. The maximum atomic E-state index is 11.8. The number of hydrogen-bond donors (Lipinski definition) is 2. The van der Waals surface area contributed by atoms with Crippen LogP contribution in [-0.2, 0) is 4.79 Å². The summed E-state index contributed by atoms with van der Waals surface area (Å²) in [5.74, 6) is -0.0786. The van der Waals surface area contributed by atoms with Crippen LogP contribution in [0, 0.1) is 0 Å². The molecule has 1 aromatic carbocycles. The van der Waals surface area contributed by atoms with Crippen molar-refractivity contribution in [2.24, 2.45) is 0 Å². The van der Waals surface area contributed by atoms with Crippen LogP contribution >= 0.6 is 0 Å². The molecule has 0 aliphatic carbocycles. The van der Waals surface area contributed by atoms with Gasteiger partial charge in [0.1, 0.15) is 18.0 Å². The molecular formula is C12H16N2O5. The van der Waals surface area contributed by atoms with E-state index in [0.717, 1.165) is 4.90 Å². The van der Waals surface area contributed by atoms with Gasteiger partial charge in [0.15, 0.2) is 0 Å². The molecule has 0 saturated carbocycles. The van der Waals surface area contributed by atoms with Gasteiger partial charge in [0.25, 0.3) is 0 Å². The number of likely N-dealkylation sites (N-methyl/N-ethyl adjacent to an activating group) is 1. The molecule has 2 amide bonds. The molecule has 0 aliphatic heterocycles. The molecule has 0 unspecified atom stereocenters. The fraction of sp³-hybridized carbons (Fsp3) is 0.333. The second-order valence-corrected chi connectivity index (χ2v) is 3.75. The number of carboxylic acids is 1. The van der Waals surface area contributed by atoms with E-state index in [0.29, 0.717) is 17.2 Å². The fourth-order valence-electron chi connectivity index (χ4n) is 1.40. The zero-order chi connectivity index (χ0) is 14.4. The minimum Gasteiger partial charge on any atom is -0.497 e. The summed E-state index contributed by atoms with van der Waals surface area (Å²) in [5, 5.41) is 11.2. The Morgan fingerprint density at radius 3 is 2.53 bits per heavy atom. The average Bonchev–Trinajstić information content (AvgIpc) is 2.37. The van der Waals surface area contributed by atoms with Crippen LogP contribution in [0.3, 0.4) is 0 Å². The molecule has 0 aromatic heterocycles. The first-order valence-corrected chi connectivity index (χ1v) is 5.44. The summed E-state index contributed by atoms with van der Waals surface area (Å²) in [7, 11) is 4.36. The Morgan fingerprint density at radius 1 is 1.32 bits per heavy atom. The second kappa shape index (κ2) is 6.48. The van der Waals surface area contributed by atoms with Crippen LogP contribution in [-0.4, -0.2) is 49.8 Å². The fourth-order valence-corrected chi connectivity index (χ4v) is 1.40. The van der Waals surface area contributed by atoms with Crippen LogP contribution in [0.15, 0.2) is 18.2 Å². The predicted molar refractivity (Wildman–Crippen MR) is 68.8 cm³/mol. The second-order valence-electron chi connectivity index (χ2n) is 3.75. The molecule has 0 aliphatic rings. The van der Waals surface area contributed by atoms with E-state index in [2.05, 4.69) is 5.32 Å². The summed E-state index contributed by atoms with van der Waals surface area (Å²) in [6, 6.07) is 4.38. The Bertz CT molecular complexity index is 475. The lowest BCUT2D eigenvalue weighted by molar-refractivity contribution is -0.137. The number of ether oxygens (including phenoxy) is 2. The van der Waals surface area contributed by atoms with Crippen molar-refractivity contribution in [1.82, 2.24) is 4.90 Å². The molecule has 0 saturated heterocycles. The van der Waals surface area contributed by atoms with Crippen LogP contribution in [0.5, 0.6) is 11.5 Å². The van der Waals surface area contributed by atoms with Crippen molar-refractivity contribution >= 4 is 17.7 Å². The van der Waals surface area contributed by atoms with E-state index in [1.165, 1.54) is 21.3 Å². The van der Waals surface area contributed by atoms with Crippen molar-refractivity contribution in [3.8, 4) is 11.5 Å². The third kappa shape index (κ3) is 4.06. The number of carboxylic acid groups (broad SMARTS) is 1. The molecule has 0 heterocycles. The number of carbonyl (C=O) groups excluding carboxylic acids is 1. The quantitative estimate of drug-likeness (QED) is 0.839. The van der Waals surface area contributed by atoms with E-state index in [-0.39, 0.29) is 0 Å². The van der Waals surface area contributed by atoms with E-state index >= 15 is 0 Å². The van der Waals surface area contributed by atoms with Gasteiger partial charge in [-0.25, -0.2) is 4.79 Å². The summed E-state index contributed by atoms with van der Waals surface area (Å²) in [6.45, 7) is -0.391. The normalized spacial score (nSPS) is 9.63. The first-order chi connectivity index (χ1) is 8.97. The first-order valence-electron chi connectivity index (χ1n) is 5.44. The molecule has 104 valence electrons. The van der Waals surface area contributed by atoms with Gasteiger partial charge in [-0.3, -0.25) is 4.79 Å². The number of anilines is 1. The zero-order valence-corrected chi connectivity index (χ0v) is 11.0. The number of rotatable bonds is 5. The third-order valence-corrected chi connectivity index (χ3v) is 2.37. The molecule has 2 N–H and O–H groups in total. The number of carbonyl (C=O) groups is 2.